The lowest BCUT2D eigenvalue weighted by Gasteiger charge is -2.31. The topological polar surface area (TPSA) is 59.6 Å². The Morgan fingerprint density at radius 2 is 1.92 bits per heavy atom. The van der Waals surface area contributed by atoms with Gasteiger partial charge >= 0.3 is 5.97 Å². The summed E-state index contributed by atoms with van der Waals surface area (Å²) in [4.78, 5) is 12.3. The van der Waals surface area contributed by atoms with Crippen LogP contribution in [-0.4, -0.2) is 25.3 Å². The van der Waals surface area contributed by atoms with Gasteiger partial charge in [-0.05, 0) is 60.8 Å². The van der Waals surface area contributed by atoms with E-state index in [1.807, 2.05) is 19.9 Å². The van der Waals surface area contributed by atoms with Crippen LogP contribution in [0.25, 0.3) is 0 Å². The van der Waals surface area contributed by atoms with Gasteiger partial charge in [0.1, 0.15) is 5.75 Å². The lowest BCUT2D eigenvalue weighted by atomic mass is 9.88. The van der Waals surface area contributed by atoms with Crippen molar-refractivity contribution in [3.05, 3.63) is 40.1 Å². The Labute approximate surface area is 148 Å². The first-order valence-electron chi connectivity index (χ1n) is 7.85. The summed E-state index contributed by atoms with van der Waals surface area (Å²) in [6.07, 6.45) is 0. The van der Waals surface area contributed by atoms with Gasteiger partial charge < -0.3 is 20.1 Å². The number of ether oxygens (including phenoxy) is 2. The van der Waals surface area contributed by atoms with Crippen LogP contribution in [0.4, 0.5) is 0 Å². The van der Waals surface area contributed by atoms with E-state index >= 15 is 0 Å². The number of carbonyl (C=O) groups excluding carboxylic acids is 1. The Bertz CT molecular complexity index is 710. The number of aryl methyl sites for hydroxylation is 1. The van der Waals surface area contributed by atoms with Gasteiger partial charge in [-0.15, -0.1) is 0 Å². The number of allylic oxidation sites excluding steroid dienone is 1. The van der Waals surface area contributed by atoms with E-state index < -0.39 is 0 Å². The highest BCUT2D eigenvalue weighted by atomic mass is 32.1. The molecule has 0 saturated carbocycles. The molecule has 1 aliphatic rings. The van der Waals surface area contributed by atoms with Gasteiger partial charge in [-0.3, -0.25) is 0 Å². The first-order chi connectivity index (χ1) is 11.3. The van der Waals surface area contributed by atoms with E-state index in [9.17, 15) is 4.79 Å². The van der Waals surface area contributed by atoms with E-state index in [1.54, 1.807) is 7.11 Å². The van der Waals surface area contributed by atoms with Crippen molar-refractivity contribution >= 4 is 23.3 Å². The molecule has 24 heavy (non-hydrogen) atoms. The molecule has 0 saturated heterocycles. The lowest BCUT2D eigenvalue weighted by Crippen LogP contribution is -2.45. The maximum absolute atomic E-state index is 12.3. The van der Waals surface area contributed by atoms with E-state index in [2.05, 4.69) is 30.5 Å². The van der Waals surface area contributed by atoms with Gasteiger partial charge in [-0.1, -0.05) is 13.8 Å². The van der Waals surface area contributed by atoms with Crippen LogP contribution in [0.15, 0.2) is 23.4 Å². The molecule has 0 spiro atoms. The van der Waals surface area contributed by atoms with Crippen molar-refractivity contribution in [1.29, 1.82) is 0 Å². The van der Waals surface area contributed by atoms with Crippen molar-refractivity contribution in [2.45, 2.75) is 39.7 Å². The normalized spacial score (nSPS) is 17.5. The number of carbonyl (C=O) groups is 1. The molecular weight excluding hydrogens is 324 g/mol. The molecule has 2 rings (SSSR count). The van der Waals surface area contributed by atoms with Crippen LogP contribution in [-0.2, 0) is 9.53 Å². The molecular formula is C18H24N2O3S. The number of hydrogen-bond donors (Lipinski definition) is 2. The van der Waals surface area contributed by atoms with Crippen LogP contribution in [0.3, 0.4) is 0 Å². The molecule has 1 heterocycles. The molecule has 1 atom stereocenters. The van der Waals surface area contributed by atoms with Crippen LogP contribution in [0.1, 0.15) is 49.4 Å². The minimum absolute atomic E-state index is 0.291. The maximum atomic E-state index is 12.3. The van der Waals surface area contributed by atoms with E-state index in [0.717, 1.165) is 22.4 Å². The summed E-state index contributed by atoms with van der Waals surface area (Å²) in [6.45, 7) is 8.05. The van der Waals surface area contributed by atoms with Gasteiger partial charge in [0.25, 0.3) is 0 Å². The summed E-state index contributed by atoms with van der Waals surface area (Å²) in [5, 5.41) is 6.68. The van der Waals surface area contributed by atoms with Gasteiger partial charge in [0.2, 0.25) is 0 Å². The SMILES string of the molecule is COC(=O)C1=C(C)NC(=S)N[C@@H]1c1cc(C(C)C)c(OC)cc1C. The van der Waals surface area contributed by atoms with Crippen molar-refractivity contribution < 1.29 is 14.3 Å². The molecule has 0 fully saturated rings. The first-order valence-corrected chi connectivity index (χ1v) is 8.26. The molecule has 0 bridgehead atoms. The second-order valence-electron chi connectivity index (χ2n) is 6.17. The Morgan fingerprint density at radius 3 is 2.46 bits per heavy atom. The monoisotopic (exact) mass is 348 g/mol. The van der Waals surface area contributed by atoms with Crippen LogP contribution in [0.5, 0.6) is 5.75 Å². The number of rotatable bonds is 4. The van der Waals surface area contributed by atoms with Crippen LogP contribution >= 0.6 is 12.2 Å². The summed E-state index contributed by atoms with van der Waals surface area (Å²) >= 11 is 5.28. The smallest absolute Gasteiger partial charge is 0.337 e. The number of nitrogens with one attached hydrogen (secondary N) is 2. The summed E-state index contributed by atoms with van der Waals surface area (Å²) < 4.78 is 10.5. The van der Waals surface area contributed by atoms with Gasteiger partial charge in [0.15, 0.2) is 5.11 Å². The third-order valence-corrected chi connectivity index (χ3v) is 4.45. The molecule has 0 aromatic heterocycles. The van der Waals surface area contributed by atoms with Crippen molar-refractivity contribution in [3.63, 3.8) is 0 Å². The quantitative estimate of drug-likeness (QED) is 0.644. The third kappa shape index (κ3) is 3.38. The fourth-order valence-corrected chi connectivity index (χ4v) is 3.23. The molecule has 1 aromatic rings. The van der Waals surface area contributed by atoms with E-state index in [4.69, 9.17) is 21.7 Å². The standard InChI is InChI=1S/C18H24N2O3S/c1-9(2)12-8-13(10(3)7-14(12)22-5)16-15(17(21)23-6)11(4)19-18(24)20-16/h7-9,16H,1-6H3,(H2,19,20,24)/t16-/m1/s1. The second kappa shape index (κ2) is 7.21. The third-order valence-electron chi connectivity index (χ3n) is 4.23. The van der Waals surface area contributed by atoms with E-state index in [0.29, 0.717) is 22.3 Å². The minimum atomic E-state index is -0.374. The largest absolute Gasteiger partial charge is 0.496 e. The van der Waals surface area contributed by atoms with E-state index in [1.165, 1.54) is 7.11 Å². The van der Waals surface area contributed by atoms with Crippen molar-refractivity contribution in [2.75, 3.05) is 14.2 Å². The van der Waals surface area contributed by atoms with Crippen LogP contribution in [0, 0.1) is 6.92 Å². The summed E-state index contributed by atoms with van der Waals surface area (Å²) in [5.74, 6) is 0.768. The van der Waals surface area contributed by atoms with Gasteiger partial charge in [0.05, 0.1) is 25.8 Å². The molecule has 1 aromatic carbocycles. The Balaban J connectivity index is 2.64. The fourth-order valence-electron chi connectivity index (χ4n) is 2.96. The summed E-state index contributed by atoms with van der Waals surface area (Å²) in [7, 11) is 3.05. The molecule has 0 amide bonds. The second-order valence-corrected chi connectivity index (χ2v) is 6.58. The van der Waals surface area contributed by atoms with Crippen molar-refractivity contribution in [1.82, 2.24) is 10.6 Å². The number of esters is 1. The molecule has 1 aliphatic heterocycles. The van der Waals surface area contributed by atoms with Crippen molar-refractivity contribution in [3.8, 4) is 5.75 Å². The summed E-state index contributed by atoms with van der Waals surface area (Å²) in [6, 6.07) is 3.73. The predicted octanol–water partition coefficient (Wildman–Crippen LogP) is 3.09. The number of benzene rings is 1. The molecule has 0 aliphatic carbocycles. The van der Waals surface area contributed by atoms with Crippen molar-refractivity contribution in [2.24, 2.45) is 0 Å². The van der Waals surface area contributed by atoms with Gasteiger partial charge in [-0.25, -0.2) is 4.79 Å². The number of thiocarbonyl (C=S) groups is 1. The molecule has 0 radical (unpaired) electrons. The number of hydrogen-bond acceptors (Lipinski definition) is 4. The number of methoxy groups -OCH3 is 2. The molecule has 6 heteroatoms. The fraction of sp³-hybridized carbons (Fsp3) is 0.444. The molecule has 5 nitrogen and oxygen atoms in total. The van der Waals surface area contributed by atoms with Crippen LogP contribution < -0.4 is 15.4 Å². The Morgan fingerprint density at radius 1 is 1.25 bits per heavy atom. The zero-order valence-electron chi connectivity index (χ0n) is 14.9. The lowest BCUT2D eigenvalue weighted by molar-refractivity contribution is -0.136. The van der Waals surface area contributed by atoms with Gasteiger partial charge in [-0.2, -0.15) is 0 Å². The van der Waals surface area contributed by atoms with Gasteiger partial charge in [0, 0.05) is 5.70 Å². The Hall–Kier alpha value is -2.08. The zero-order chi connectivity index (χ0) is 18.0. The minimum Gasteiger partial charge on any atom is -0.496 e. The average molecular weight is 348 g/mol. The highest BCUT2D eigenvalue weighted by Gasteiger charge is 2.32. The Kier molecular flexibility index (Phi) is 5.49. The molecule has 2 N–H and O–H groups in total. The average Bonchev–Trinajstić information content (AvgIpc) is 2.52. The van der Waals surface area contributed by atoms with Crippen LogP contribution in [0.2, 0.25) is 0 Å². The zero-order valence-corrected chi connectivity index (χ0v) is 15.8. The maximum Gasteiger partial charge on any atom is 0.337 e. The predicted molar refractivity (Wildman–Crippen MR) is 98.1 cm³/mol. The molecule has 0 unspecified atom stereocenters. The van der Waals surface area contributed by atoms with E-state index in [-0.39, 0.29) is 12.0 Å². The highest BCUT2D eigenvalue weighted by molar-refractivity contribution is 7.80. The first kappa shape index (κ1) is 18.3. The highest BCUT2D eigenvalue weighted by Crippen LogP contribution is 2.36. The molecule has 130 valence electrons. The summed E-state index contributed by atoms with van der Waals surface area (Å²) in [5.41, 5.74) is 4.34.